The van der Waals surface area contributed by atoms with E-state index >= 15 is 0 Å². The molecule has 0 saturated heterocycles. The Bertz CT molecular complexity index is 671. The lowest BCUT2D eigenvalue weighted by atomic mass is 10.4. The maximum atomic E-state index is 12.2. The summed E-state index contributed by atoms with van der Waals surface area (Å²) in [5.74, 6) is 0. The van der Waals surface area contributed by atoms with Gasteiger partial charge in [0.25, 0.3) is 0 Å². The summed E-state index contributed by atoms with van der Waals surface area (Å²) in [6.45, 7) is 4.39. The summed E-state index contributed by atoms with van der Waals surface area (Å²) in [6, 6.07) is 1.77. The van der Waals surface area contributed by atoms with E-state index in [1.165, 1.54) is 6.20 Å². The first-order valence-corrected chi connectivity index (χ1v) is 7.43. The lowest BCUT2D eigenvalue weighted by molar-refractivity contribution is 0.578. The number of aromatic nitrogens is 4. The molecule has 0 spiro atoms. The molecule has 0 bridgehead atoms. The number of nitrogens with one attached hydrogen (secondary N) is 1. The van der Waals surface area contributed by atoms with Gasteiger partial charge in [-0.2, -0.15) is 10.2 Å². The minimum absolute atomic E-state index is 0.167. The first kappa shape index (κ1) is 13.8. The Morgan fingerprint density at radius 1 is 1.37 bits per heavy atom. The van der Waals surface area contributed by atoms with Crippen LogP contribution in [0.15, 0.2) is 23.4 Å². The SMILES string of the molecule is CCn1cc(S(=O)(=O)NCc2ccn(C)n2)c(C)n1. The van der Waals surface area contributed by atoms with E-state index in [9.17, 15) is 8.42 Å². The highest BCUT2D eigenvalue weighted by molar-refractivity contribution is 7.89. The highest BCUT2D eigenvalue weighted by Gasteiger charge is 2.20. The summed E-state index contributed by atoms with van der Waals surface area (Å²) in [5, 5.41) is 8.25. The van der Waals surface area contributed by atoms with Gasteiger partial charge in [0.2, 0.25) is 10.0 Å². The smallest absolute Gasteiger partial charge is 0.244 e. The molecule has 0 saturated carbocycles. The van der Waals surface area contributed by atoms with Crippen LogP contribution in [-0.4, -0.2) is 28.0 Å². The zero-order chi connectivity index (χ0) is 14.0. The Labute approximate surface area is 112 Å². The molecule has 2 rings (SSSR count). The molecule has 0 radical (unpaired) electrons. The van der Waals surface area contributed by atoms with E-state index in [1.54, 1.807) is 35.6 Å². The molecule has 0 fully saturated rings. The van der Waals surface area contributed by atoms with Crippen LogP contribution in [-0.2, 0) is 30.2 Å². The van der Waals surface area contributed by atoms with Gasteiger partial charge in [-0.25, -0.2) is 13.1 Å². The molecule has 2 heterocycles. The van der Waals surface area contributed by atoms with Crippen molar-refractivity contribution < 1.29 is 8.42 Å². The van der Waals surface area contributed by atoms with Crippen molar-refractivity contribution in [2.24, 2.45) is 7.05 Å². The van der Waals surface area contributed by atoms with Crippen molar-refractivity contribution in [2.45, 2.75) is 31.8 Å². The summed E-state index contributed by atoms with van der Waals surface area (Å²) in [4.78, 5) is 0.213. The molecular weight excluding hydrogens is 266 g/mol. The monoisotopic (exact) mass is 283 g/mol. The fourth-order valence-electron chi connectivity index (χ4n) is 1.73. The molecular formula is C11H17N5O2S. The van der Waals surface area contributed by atoms with Crippen LogP contribution in [0, 0.1) is 6.92 Å². The second-order valence-corrected chi connectivity index (χ2v) is 5.98. The molecule has 7 nitrogen and oxygen atoms in total. The average molecular weight is 283 g/mol. The number of hydrogen-bond acceptors (Lipinski definition) is 4. The molecule has 0 aliphatic carbocycles. The molecule has 0 aromatic carbocycles. The van der Waals surface area contributed by atoms with E-state index in [2.05, 4.69) is 14.9 Å². The van der Waals surface area contributed by atoms with Gasteiger partial charge < -0.3 is 0 Å². The van der Waals surface area contributed by atoms with Gasteiger partial charge >= 0.3 is 0 Å². The second kappa shape index (κ2) is 5.14. The minimum atomic E-state index is -3.55. The van der Waals surface area contributed by atoms with Crippen molar-refractivity contribution in [2.75, 3.05) is 0 Å². The maximum absolute atomic E-state index is 12.2. The quantitative estimate of drug-likeness (QED) is 0.862. The zero-order valence-corrected chi connectivity index (χ0v) is 12.0. The van der Waals surface area contributed by atoms with E-state index in [4.69, 9.17) is 0 Å². The largest absolute Gasteiger partial charge is 0.276 e. The van der Waals surface area contributed by atoms with Gasteiger partial charge in [0.1, 0.15) is 4.90 Å². The second-order valence-electron chi connectivity index (χ2n) is 4.24. The van der Waals surface area contributed by atoms with Gasteiger partial charge in [0.05, 0.1) is 17.9 Å². The van der Waals surface area contributed by atoms with Gasteiger partial charge in [-0.1, -0.05) is 0 Å². The van der Waals surface area contributed by atoms with Crippen LogP contribution < -0.4 is 4.72 Å². The van der Waals surface area contributed by atoms with Crippen LogP contribution in [0.2, 0.25) is 0 Å². The van der Waals surface area contributed by atoms with Crippen molar-refractivity contribution in [3.8, 4) is 0 Å². The van der Waals surface area contributed by atoms with Crippen LogP contribution >= 0.6 is 0 Å². The highest BCUT2D eigenvalue weighted by Crippen LogP contribution is 2.13. The molecule has 8 heteroatoms. The summed E-state index contributed by atoms with van der Waals surface area (Å²) >= 11 is 0. The molecule has 104 valence electrons. The molecule has 0 aliphatic heterocycles. The third-order valence-corrected chi connectivity index (χ3v) is 4.23. The Kier molecular flexibility index (Phi) is 3.72. The summed E-state index contributed by atoms with van der Waals surface area (Å²) in [6.07, 6.45) is 3.31. The van der Waals surface area contributed by atoms with E-state index in [0.29, 0.717) is 17.9 Å². The van der Waals surface area contributed by atoms with E-state index in [-0.39, 0.29) is 11.4 Å². The molecule has 0 aliphatic rings. The van der Waals surface area contributed by atoms with Gasteiger partial charge in [0.15, 0.2) is 0 Å². The van der Waals surface area contributed by atoms with Crippen molar-refractivity contribution in [3.05, 3.63) is 29.8 Å². The highest BCUT2D eigenvalue weighted by atomic mass is 32.2. The third-order valence-electron chi connectivity index (χ3n) is 2.73. The van der Waals surface area contributed by atoms with Crippen LogP contribution in [0.4, 0.5) is 0 Å². The van der Waals surface area contributed by atoms with Crippen LogP contribution in [0.1, 0.15) is 18.3 Å². The van der Waals surface area contributed by atoms with Crippen molar-refractivity contribution in [1.29, 1.82) is 0 Å². The average Bonchev–Trinajstić information content (AvgIpc) is 2.93. The number of aryl methyl sites for hydroxylation is 3. The molecule has 2 aromatic heterocycles. The van der Waals surface area contributed by atoms with Crippen LogP contribution in [0.3, 0.4) is 0 Å². The van der Waals surface area contributed by atoms with Gasteiger partial charge in [-0.15, -0.1) is 0 Å². The maximum Gasteiger partial charge on any atom is 0.244 e. The van der Waals surface area contributed by atoms with Crippen molar-refractivity contribution in [1.82, 2.24) is 24.3 Å². The van der Waals surface area contributed by atoms with Crippen molar-refractivity contribution in [3.63, 3.8) is 0 Å². The van der Waals surface area contributed by atoms with E-state index in [1.807, 2.05) is 6.92 Å². The molecule has 0 unspecified atom stereocenters. The van der Waals surface area contributed by atoms with Gasteiger partial charge in [-0.3, -0.25) is 9.36 Å². The van der Waals surface area contributed by atoms with E-state index in [0.717, 1.165) is 0 Å². The fourth-order valence-corrected chi connectivity index (χ4v) is 2.91. The summed E-state index contributed by atoms with van der Waals surface area (Å²) in [5.41, 5.74) is 1.17. The first-order chi connectivity index (χ1) is 8.92. The molecule has 0 amide bonds. The molecule has 1 N–H and O–H groups in total. The predicted octanol–water partition coefficient (Wildman–Crippen LogP) is 0.423. The Balaban J connectivity index is 2.15. The molecule has 0 atom stereocenters. The standard InChI is InChI=1S/C11H17N5O2S/c1-4-16-8-11(9(2)13-16)19(17,18)12-7-10-5-6-15(3)14-10/h5-6,8,12H,4,7H2,1-3H3. The van der Waals surface area contributed by atoms with Gasteiger partial charge in [-0.05, 0) is 19.9 Å². The lowest BCUT2D eigenvalue weighted by Gasteiger charge is -2.03. The number of nitrogens with zero attached hydrogens (tertiary/aromatic N) is 4. The summed E-state index contributed by atoms with van der Waals surface area (Å²) < 4.78 is 30.1. The predicted molar refractivity (Wildman–Crippen MR) is 69.9 cm³/mol. The first-order valence-electron chi connectivity index (χ1n) is 5.94. The molecule has 19 heavy (non-hydrogen) atoms. The van der Waals surface area contributed by atoms with Crippen molar-refractivity contribution >= 4 is 10.0 Å². The van der Waals surface area contributed by atoms with Crippen LogP contribution in [0.25, 0.3) is 0 Å². The number of hydrogen-bond donors (Lipinski definition) is 1. The fraction of sp³-hybridized carbons (Fsp3) is 0.455. The van der Waals surface area contributed by atoms with Crippen LogP contribution in [0.5, 0.6) is 0 Å². The molecule has 2 aromatic rings. The topological polar surface area (TPSA) is 81.8 Å². The Hall–Kier alpha value is -1.67. The zero-order valence-electron chi connectivity index (χ0n) is 11.2. The minimum Gasteiger partial charge on any atom is -0.276 e. The number of rotatable bonds is 5. The Morgan fingerprint density at radius 2 is 2.11 bits per heavy atom. The third kappa shape index (κ3) is 3.02. The van der Waals surface area contributed by atoms with E-state index < -0.39 is 10.0 Å². The summed E-state index contributed by atoms with van der Waals surface area (Å²) in [7, 11) is -1.77. The lowest BCUT2D eigenvalue weighted by Crippen LogP contribution is -2.23. The normalized spacial score (nSPS) is 11.9. The number of sulfonamides is 1. The Morgan fingerprint density at radius 3 is 2.63 bits per heavy atom. The van der Waals surface area contributed by atoms with Gasteiger partial charge in [0, 0.05) is 26.0 Å².